The summed E-state index contributed by atoms with van der Waals surface area (Å²) in [6.45, 7) is 2.76. The predicted molar refractivity (Wildman–Crippen MR) is 133 cm³/mol. The van der Waals surface area contributed by atoms with Gasteiger partial charge in [-0.3, -0.25) is 10.1 Å². The molecule has 174 valence electrons. The Morgan fingerprint density at radius 2 is 1.71 bits per heavy atom. The topological polar surface area (TPSA) is 66.4 Å². The fraction of sp³-hybridized carbons (Fsp3) is 0.231. The lowest BCUT2D eigenvalue weighted by Gasteiger charge is -2.46. The number of hydrogen-bond acceptors (Lipinski definition) is 6. The zero-order valence-electron chi connectivity index (χ0n) is 19.2. The van der Waals surface area contributed by atoms with Crippen molar-refractivity contribution in [1.29, 1.82) is 0 Å². The number of amides is 1. The summed E-state index contributed by atoms with van der Waals surface area (Å²) < 4.78 is 11.2. The quantitative estimate of drug-likeness (QED) is 0.595. The van der Waals surface area contributed by atoms with Crippen molar-refractivity contribution >= 4 is 29.2 Å². The highest BCUT2D eigenvalue weighted by Gasteiger charge is 2.51. The molecule has 2 heterocycles. The molecule has 2 aliphatic heterocycles. The Balaban J connectivity index is 1.61. The number of fused-ring (bicyclic) bond motifs is 3. The number of benzene rings is 3. The van der Waals surface area contributed by atoms with E-state index in [1.807, 2.05) is 59.6 Å². The zero-order chi connectivity index (χ0) is 23.9. The highest BCUT2D eigenvalue weighted by Crippen LogP contribution is 2.47. The summed E-state index contributed by atoms with van der Waals surface area (Å²) in [6, 6.07) is 20.7. The largest absolute Gasteiger partial charge is 0.493 e. The first-order valence-corrected chi connectivity index (χ1v) is 11.4. The van der Waals surface area contributed by atoms with Gasteiger partial charge in [-0.25, -0.2) is 5.01 Å². The minimum atomic E-state index is -0.708. The maximum atomic E-state index is 13.0. The Hall–Kier alpha value is -3.71. The lowest BCUT2D eigenvalue weighted by molar-refractivity contribution is 0.0967. The fourth-order valence-corrected chi connectivity index (χ4v) is 4.82. The van der Waals surface area contributed by atoms with E-state index in [4.69, 9.17) is 26.2 Å². The molecule has 34 heavy (non-hydrogen) atoms. The first-order valence-electron chi connectivity index (χ1n) is 11.0. The van der Waals surface area contributed by atoms with E-state index >= 15 is 0 Å². The maximum absolute atomic E-state index is 13.0. The van der Waals surface area contributed by atoms with Crippen LogP contribution in [0.1, 0.15) is 28.4 Å². The van der Waals surface area contributed by atoms with Gasteiger partial charge in [-0.2, -0.15) is 0 Å². The number of hydrogen-bond donors (Lipinski definition) is 1. The van der Waals surface area contributed by atoms with Gasteiger partial charge in [0.2, 0.25) is 5.96 Å². The Kier molecular flexibility index (Phi) is 5.57. The number of ether oxygens (including phenoxy) is 2. The molecule has 1 amide bonds. The Morgan fingerprint density at radius 1 is 1.03 bits per heavy atom. The third-order valence-electron chi connectivity index (χ3n) is 6.45. The number of rotatable bonds is 4. The van der Waals surface area contributed by atoms with Crippen LogP contribution in [0.5, 0.6) is 11.5 Å². The molecule has 1 atom stereocenters. The van der Waals surface area contributed by atoms with Crippen molar-refractivity contribution in [2.24, 2.45) is 5.10 Å². The van der Waals surface area contributed by atoms with Crippen molar-refractivity contribution in [3.05, 3.63) is 88.4 Å². The molecule has 3 aromatic carbocycles. The van der Waals surface area contributed by atoms with Gasteiger partial charge < -0.3 is 14.4 Å². The lowest BCUT2D eigenvalue weighted by Crippen LogP contribution is -2.57. The van der Waals surface area contributed by atoms with Crippen molar-refractivity contribution in [2.75, 3.05) is 25.8 Å². The molecule has 0 aromatic heterocycles. The summed E-state index contributed by atoms with van der Waals surface area (Å²) in [6.07, 6.45) is 0.764. The molecule has 3 aromatic rings. The van der Waals surface area contributed by atoms with Gasteiger partial charge in [0, 0.05) is 22.7 Å². The van der Waals surface area contributed by atoms with Gasteiger partial charge in [0.1, 0.15) is 0 Å². The highest BCUT2D eigenvalue weighted by atomic mass is 35.5. The molecule has 0 saturated carbocycles. The first kappa shape index (κ1) is 22.1. The van der Waals surface area contributed by atoms with E-state index in [1.165, 1.54) is 0 Å². The van der Waals surface area contributed by atoms with Crippen molar-refractivity contribution in [3.8, 4) is 11.5 Å². The number of nitrogens with zero attached hydrogens (tertiary/aromatic N) is 3. The Labute approximate surface area is 203 Å². The second kappa shape index (κ2) is 8.57. The van der Waals surface area contributed by atoms with E-state index in [1.54, 1.807) is 26.4 Å². The average molecular weight is 477 g/mol. The summed E-state index contributed by atoms with van der Waals surface area (Å²) in [7, 11) is 3.26. The number of hydrazone groups is 1. The summed E-state index contributed by atoms with van der Waals surface area (Å²) in [5.41, 5.74) is 2.88. The Morgan fingerprint density at radius 3 is 2.38 bits per heavy atom. The molecule has 0 saturated heterocycles. The molecule has 0 bridgehead atoms. The van der Waals surface area contributed by atoms with Gasteiger partial charge in [-0.05, 0) is 67.4 Å². The molecule has 0 radical (unpaired) electrons. The minimum absolute atomic E-state index is 0.210. The zero-order valence-corrected chi connectivity index (χ0v) is 20.0. The smallest absolute Gasteiger partial charge is 0.258 e. The number of carbonyl (C=O) groups is 1. The second-order valence-electron chi connectivity index (χ2n) is 8.32. The standard InChI is InChI=1S/C26H25ClN4O3/c1-26-21-16-23(34-3)22(33-2)15-18(21)13-14-30(26)25(28-24(32)17-7-5-4-6-8-17)29-31(26)20-11-9-19(27)10-12-20/h4-12,15-16H,13-14H2,1-3H3,(H,28,29,32). The molecule has 1 N–H and O–H groups in total. The molecule has 8 heteroatoms. The van der Waals surface area contributed by atoms with E-state index in [0.29, 0.717) is 34.6 Å². The van der Waals surface area contributed by atoms with Crippen LogP contribution < -0.4 is 19.8 Å². The van der Waals surface area contributed by atoms with Crippen LogP contribution >= 0.6 is 11.6 Å². The number of methoxy groups -OCH3 is 2. The van der Waals surface area contributed by atoms with E-state index in [0.717, 1.165) is 23.2 Å². The van der Waals surface area contributed by atoms with Gasteiger partial charge in [0.05, 0.1) is 19.9 Å². The summed E-state index contributed by atoms with van der Waals surface area (Å²) in [5.74, 6) is 1.61. The molecule has 7 nitrogen and oxygen atoms in total. The number of carbonyl (C=O) groups excluding carboxylic acids is 1. The molecular weight excluding hydrogens is 452 g/mol. The maximum Gasteiger partial charge on any atom is 0.258 e. The fourth-order valence-electron chi connectivity index (χ4n) is 4.70. The SMILES string of the molecule is COc1cc2c(cc1OC)C1(C)N(CC2)C(NC(=O)c2ccccc2)=NN1c1ccc(Cl)cc1. The lowest BCUT2D eigenvalue weighted by atomic mass is 9.87. The first-order chi connectivity index (χ1) is 16.5. The monoisotopic (exact) mass is 476 g/mol. The van der Waals surface area contributed by atoms with Gasteiger partial charge in [-0.15, -0.1) is 5.10 Å². The molecule has 2 aliphatic rings. The molecule has 5 rings (SSSR count). The molecule has 0 spiro atoms. The van der Waals surface area contributed by atoms with Gasteiger partial charge >= 0.3 is 0 Å². The van der Waals surface area contributed by atoms with Crippen molar-refractivity contribution in [2.45, 2.75) is 19.0 Å². The minimum Gasteiger partial charge on any atom is -0.493 e. The van der Waals surface area contributed by atoms with Crippen LogP contribution in [-0.2, 0) is 12.1 Å². The van der Waals surface area contributed by atoms with E-state index < -0.39 is 5.66 Å². The van der Waals surface area contributed by atoms with Crippen molar-refractivity contribution in [3.63, 3.8) is 0 Å². The van der Waals surface area contributed by atoms with Gasteiger partial charge in [-0.1, -0.05) is 29.8 Å². The van der Waals surface area contributed by atoms with Gasteiger partial charge in [0.15, 0.2) is 17.2 Å². The number of nitrogens with one attached hydrogen (secondary N) is 1. The molecule has 0 fully saturated rings. The van der Waals surface area contributed by atoms with Crippen molar-refractivity contribution < 1.29 is 14.3 Å². The molecule has 1 unspecified atom stereocenters. The van der Waals surface area contributed by atoms with E-state index in [-0.39, 0.29) is 5.91 Å². The third-order valence-corrected chi connectivity index (χ3v) is 6.70. The van der Waals surface area contributed by atoms with Crippen LogP contribution in [0.15, 0.2) is 71.8 Å². The number of guanidine groups is 1. The summed E-state index contributed by atoms with van der Waals surface area (Å²) in [4.78, 5) is 15.1. The average Bonchev–Trinajstić information content (AvgIpc) is 3.16. The van der Waals surface area contributed by atoms with Crippen LogP contribution in [0.3, 0.4) is 0 Å². The highest BCUT2D eigenvalue weighted by molar-refractivity contribution is 6.30. The van der Waals surface area contributed by atoms with E-state index in [2.05, 4.69) is 17.1 Å². The number of anilines is 1. The second-order valence-corrected chi connectivity index (χ2v) is 8.76. The van der Waals surface area contributed by atoms with Crippen LogP contribution in [0, 0.1) is 0 Å². The van der Waals surface area contributed by atoms with Crippen LogP contribution in [-0.4, -0.2) is 37.5 Å². The van der Waals surface area contributed by atoms with Crippen LogP contribution in [0.4, 0.5) is 5.69 Å². The van der Waals surface area contributed by atoms with Crippen LogP contribution in [0.25, 0.3) is 0 Å². The molecular formula is C26H25ClN4O3. The molecule has 0 aliphatic carbocycles. The van der Waals surface area contributed by atoms with Crippen molar-refractivity contribution in [1.82, 2.24) is 10.2 Å². The summed E-state index contributed by atoms with van der Waals surface area (Å²) in [5, 5.41) is 10.5. The van der Waals surface area contributed by atoms with Gasteiger partial charge in [0.25, 0.3) is 5.91 Å². The summed E-state index contributed by atoms with van der Waals surface area (Å²) >= 11 is 6.16. The normalized spacial score (nSPS) is 18.6. The van der Waals surface area contributed by atoms with Crippen LogP contribution in [0.2, 0.25) is 5.02 Å². The predicted octanol–water partition coefficient (Wildman–Crippen LogP) is 4.61. The van der Waals surface area contributed by atoms with E-state index in [9.17, 15) is 4.79 Å². The number of halogens is 1. The third kappa shape index (κ3) is 3.53. The Bertz CT molecular complexity index is 1260.